The van der Waals surface area contributed by atoms with E-state index in [2.05, 4.69) is 5.32 Å². The van der Waals surface area contributed by atoms with Gasteiger partial charge >= 0.3 is 0 Å². The van der Waals surface area contributed by atoms with Gasteiger partial charge in [0.05, 0.1) is 11.1 Å². The molecule has 6 heteroatoms. The molecule has 2 unspecified atom stereocenters. The molecule has 0 heterocycles. The molecule has 0 aliphatic rings. The van der Waals surface area contributed by atoms with E-state index >= 15 is 0 Å². The zero-order chi connectivity index (χ0) is 16.0. The normalized spacial score (nSPS) is 13.1. The highest BCUT2D eigenvalue weighted by molar-refractivity contribution is 6.36. The van der Waals surface area contributed by atoms with Crippen LogP contribution < -0.4 is 10.1 Å². The molecule has 0 saturated heterocycles. The Balaban J connectivity index is 2.73. The van der Waals surface area contributed by atoms with Crippen molar-refractivity contribution >= 4 is 29.1 Å². The van der Waals surface area contributed by atoms with Crippen LogP contribution in [0.2, 0.25) is 10.0 Å². The van der Waals surface area contributed by atoms with E-state index in [1.165, 1.54) is 0 Å². The summed E-state index contributed by atoms with van der Waals surface area (Å²) in [5.74, 6) is 0.0453. The largest absolute Gasteiger partial charge is 0.479 e. The number of rotatable bonds is 6. The fraction of sp³-hybridized carbons (Fsp3) is 0.467. The second-order valence-electron chi connectivity index (χ2n) is 4.72. The fourth-order valence-corrected chi connectivity index (χ4v) is 2.13. The van der Waals surface area contributed by atoms with E-state index in [4.69, 9.17) is 33.2 Å². The van der Waals surface area contributed by atoms with Gasteiger partial charge in [0.15, 0.2) is 6.10 Å². The number of ether oxygens (including phenoxy) is 1. The number of nitrogens with one attached hydrogen (secondary N) is 1. The lowest BCUT2D eigenvalue weighted by Crippen LogP contribution is -2.41. The third-order valence-corrected chi connectivity index (χ3v) is 3.89. The predicted molar refractivity (Wildman–Crippen MR) is 83.7 cm³/mol. The smallest absolute Gasteiger partial charge is 0.261 e. The number of benzene rings is 1. The molecule has 0 fully saturated rings. The molecule has 1 rings (SSSR count). The van der Waals surface area contributed by atoms with Crippen LogP contribution in [0.4, 0.5) is 0 Å². The monoisotopic (exact) mass is 328 g/mol. The van der Waals surface area contributed by atoms with Gasteiger partial charge in [-0.25, -0.2) is 0 Å². The summed E-state index contributed by atoms with van der Waals surface area (Å²) in [6, 6.07) is 4.83. The summed E-state index contributed by atoms with van der Waals surface area (Å²) >= 11 is 12.1. The first-order chi connectivity index (χ1) is 9.90. The summed E-state index contributed by atoms with van der Waals surface area (Å²) in [6.45, 7) is 5.33. The van der Waals surface area contributed by atoms with Crippen molar-refractivity contribution in [3.8, 4) is 11.8 Å². The molecule has 1 amide bonds. The van der Waals surface area contributed by atoms with Crippen molar-refractivity contribution in [3.63, 3.8) is 0 Å². The molecule has 2 atom stereocenters. The number of carbonyl (C=O) groups excluding carboxylic acids is 1. The molecule has 1 N–H and O–H groups in total. The number of nitrogens with zero attached hydrogens (tertiary/aromatic N) is 1. The zero-order valence-corrected chi connectivity index (χ0v) is 13.8. The van der Waals surface area contributed by atoms with Crippen LogP contribution in [0, 0.1) is 18.3 Å². The predicted octanol–water partition coefficient (Wildman–Crippen LogP) is 3.88. The summed E-state index contributed by atoms with van der Waals surface area (Å²) in [5, 5.41) is 12.5. The van der Waals surface area contributed by atoms with E-state index in [9.17, 15) is 4.79 Å². The van der Waals surface area contributed by atoms with Gasteiger partial charge in [-0.15, -0.1) is 0 Å². The van der Waals surface area contributed by atoms with Crippen molar-refractivity contribution in [1.82, 2.24) is 5.32 Å². The molecule has 0 radical (unpaired) electrons. The van der Waals surface area contributed by atoms with Crippen LogP contribution in [0.3, 0.4) is 0 Å². The highest BCUT2D eigenvalue weighted by Gasteiger charge is 2.20. The lowest BCUT2D eigenvalue weighted by Gasteiger charge is -2.18. The van der Waals surface area contributed by atoms with E-state index < -0.39 is 12.1 Å². The average Bonchev–Trinajstić information content (AvgIpc) is 2.47. The van der Waals surface area contributed by atoms with E-state index in [-0.39, 0.29) is 5.91 Å². The quantitative estimate of drug-likeness (QED) is 0.861. The van der Waals surface area contributed by atoms with Crippen molar-refractivity contribution in [3.05, 3.63) is 27.7 Å². The maximum absolute atomic E-state index is 12.0. The molecule has 21 heavy (non-hydrogen) atoms. The molecule has 0 saturated carbocycles. The lowest BCUT2D eigenvalue weighted by molar-refractivity contribution is -0.127. The second-order valence-corrected chi connectivity index (χ2v) is 5.51. The molecule has 0 spiro atoms. The van der Waals surface area contributed by atoms with Crippen LogP contribution in [0.15, 0.2) is 12.1 Å². The minimum atomic E-state index is -0.754. The number of carbonyl (C=O) groups is 1. The topological polar surface area (TPSA) is 62.1 Å². The van der Waals surface area contributed by atoms with Crippen LogP contribution in [0.1, 0.15) is 32.3 Å². The van der Waals surface area contributed by atoms with Gasteiger partial charge in [0.25, 0.3) is 5.91 Å². The van der Waals surface area contributed by atoms with Crippen LogP contribution in [0.25, 0.3) is 0 Å². The highest BCUT2D eigenvalue weighted by atomic mass is 35.5. The maximum Gasteiger partial charge on any atom is 0.261 e. The van der Waals surface area contributed by atoms with Crippen molar-refractivity contribution in [2.24, 2.45) is 0 Å². The van der Waals surface area contributed by atoms with Gasteiger partial charge in [-0.3, -0.25) is 4.79 Å². The van der Waals surface area contributed by atoms with Gasteiger partial charge < -0.3 is 10.1 Å². The van der Waals surface area contributed by atoms with Crippen molar-refractivity contribution < 1.29 is 9.53 Å². The van der Waals surface area contributed by atoms with E-state index in [0.29, 0.717) is 27.8 Å². The average molecular weight is 329 g/mol. The van der Waals surface area contributed by atoms with E-state index in [1.54, 1.807) is 26.0 Å². The van der Waals surface area contributed by atoms with Gasteiger partial charge in [0.1, 0.15) is 11.8 Å². The summed E-state index contributed by atoms with van der Waals surface area (Å²) in [4.78, 5) is 12.0. The molecule has 0 bridgehead atoms. The number of amides is 1. The Kier molecular flexibility index (Phi) is 6.80. The summed E-state index contributed by atoms with van der Waals surface area (Å²) in [5.41, 5.74) is 0.698. The standard InChI is InChI=1S/C15H18Cl2N2O2/c1-4-5-11(8-18)19-15(20)10(3)21-13-7-6-12(16)9(2)14(13)17/h6-7,10-11H,4-5H2,1-3H3,(H,19,20). The van der Waals surface area contributed by atoms with Gasteiger partial charge in [-0.2, -0.15) is 5.26 Å². The third kappa shape index (κ3) is 4.80. The van der Waals surface area contributed by atoms with Gasteiger partial charge in [-0.1, -0.05) is 36.5 Å². The van der Waals surface area contributed by atoms with Crippen molar-refractivity contribution in [1.29, 1.82) is 5.26 Å². The van der Waals surface area contributed by atoms with Gasteiger partial charge in [0.2, 0.25) is 0 Å². The molecule has 0 aliphatic carbocycles. The Morgan fingerprint density at radius 3 is 2.71 bits per heavy atom. The molecular weight excluding hydrogens is 311 g/mol. The van der Waals surface area contributed by atoms with Crippen LogP contribution >= 0.6 is 23.2 Å². The Bertz CT molecular complexity index is 555. The Labute approximate surface area is 135 Å². The van der Waals surface area contributed by atoms with Crippen LogP contribution in [-0.2, 0) is 4.79 Å². The fourth-order valence-electron chi connectivity index (χ4n) is 1.72. The van der Waals surface area contributed by atoms with Crippen molar-refractivity contribution in [2.75, 3.05) is 0 Å². The van der Waals surface area contributed by atoms with Crippen LogP contribution in [0.5, 0.6) is 5.75 Å². The first kappa shape index (κ1) is 17.6. The Morgan fingerprint density at radius 2 is 2.14 bits per heavy atom. The maximum atomic E-state index is 12.0. The highest BCUT2D eigenvalue weighted by Crippen LogP contribution is 2.33. The van der Waals surface area contributed by atoms with Crippen molar-refractivity contribution in [2.45, 2.75) is 45.8 Å². The molecule has 114 valence electrons. The lowest BCUT2D eigenvalue weighted by atomic mass is 10.2. The number of halogens is 2. The SMILES string of the molecule is CCCC(C#N)NC(=O)C(C)Oc1ccc(Cl)c(C)c1Cl. The van der Waals surface area contributed by atoms with Crippen LogP contribution in [-0.4, -0.2) is 18.1 Å². The minimum absolute atomic E-state index is 0.348. The van der Waals surface area contributed by atoms with E-state index in [1.807, 2.05) is 13.0 Å². The molecule has 1 aromatic carbocycles. The summed E-state index contributed by atoms with van der Waals surface area (Å²) in [7, 11) is 0. The summed E-state index contributed by atoms with van der Waals surface area (Å²) < 4.78 is 5.55. The first-order valence-electron chi connectivity index (χ1n) is 6.71. The first-order valence-corrected chi connectivity index (χ1v) is 7.47. The minimum Gasteiger partial charge on any atom is -0.479 e. The summed E-state index contributed by atoms with van der Waals surface area (Å²) in [6.07, 6.45) is 0.668. The number of hydrogen-bond donors (Lipinski definition) is 1. The van der Waals surface area contributed by atoms with Gasteiger partial charge in [-0.05, 0) is 38.0 Å². The Hall–Kier alpha value is -1.44. The molecule has 1 aromatic rings. The zero-order valence-electron chi connectivity index (χ0n) is 12.2. The Morgan fingerprint density at radius 1 is 1.48 bits per heavy atom. The molecule has 0 aliphatic heterocycles. The number of hydrogen-bond acceptors (Lipinski definition) is 3. The van der Waals surface area contributed by atoms with E-state index in [0.717, 1.165) is 6.42 Å². The number of nitriles is 1. The third-order valence-electron chi connectivity index (χ3n) is 3.01. The van der Waals surface area contributed by atoms with Gasteiger partial charge in [0, 0.05) is 5.02 Å². The molecular formula is C15H18Cl2N2O2. The second kappa shape index (κ2) is 8.11. The molecule has 4 nitrogen and oxygen atoms in total. The molecule has 0 aromatic heterocycles.